The maximum absolute atomic E-state index is 11.4. The van der Waals surface area contributed by atoms with Gasteiger partial charge in [0.1, 0.15) is 5.82 Å². The number of hydrogen-bond donors (Lipinski definition) is 1. The van der Waals surface area contributed by atoms with E-state index in [9.17, 15) is 9.90 Å². The van der Waals surface area contributed by atoms with Gasteiger partial charge in [-0.3, -0.25) is 9.69 Å². The Morgan fingerprint density at radius 2 is 2.47 bits per heavy atom. The third kappa shape index (κ3) is 1.89. The van der Waals surface area contributed by atoms with Crippen LogP contribution in [0, 0.1) is 0 Å². The lowest BCUT2D eigenvalue weighted by atomic mass is 10.3. The van der Waals surface area contributed by atoms with E-state index in [1.165, 1.54) is 18.2 Å². The number of aromatic nitrogens is 2. The molecule has 1 aromatic heterocycles. The number of aliphatic hydroxyl groups is 1. The van der Waals surface area contributed by atoms with Gasteiger partial charge in [-0.25, -0.2) is 4.98 Å². The van der Waals surface area contributed by atoms with Crippen molar-refractivity contribution in [1.82, 2.24) is 9.97 Å². The van der Waals surface area contributed by atoms with Gasteiger partial charge < -0.3 is 9.84 Å². The number of β-amino-alcohol motifs (C(OH)–C–C–N with tert-alkyl or cyclic N) is 1. The van der Waals surface area contributed by atoms with Crippen LogP contribution in [0.1, 0.15) is 6.42 Å². The molecule has 0 aromatic carbocycles. The minimum Gasteiger partial charge on any atom is -0.467 e. The predicted molar refractivity (Wildman–Crippen MR) is 51.6 cm³/mol. The van der Waals surface area contributed by atoms with Gasteiger partial charge >= 0.3 is 6.01 Å². The van der Waals surface area contributed by atoms with E-state index >= 15 is 0 Å². The van der Waals surface area contributed by atoms with Crippen molar-refractivity contribution >= 4 is 11.7 Å². The summed E-state index contributed by atoms with van der Waals surface area (Å²) in [6, 6.07) is 1.82. The lowest BCUT2D eigenvalue weighted by Gasteiger charge is -2.14. The molecule has 2 rings (SSSR count). The molecule has 6 heteroatoms. The van der Waals surface area contributed by atoms with E-state index < -0.39 is 6.10 Å². The van der Waals surface area contributed by atoms with Crippen LogP contribution >= 0.6 is 0 Å². The fraction of sp³-hybridized carbons (Fsp3) is 0.444. The number of amides is 1. The van der Waals surface area contributed by atoms with Gasteiger partial charge in [0.05, 0.1) is 26.2 Å². The summed E-state index contributed by atoms with van der Waals surface area (Å²) < 4.78 is 4.85. The van der Waals surface area contributed by atoms with Crippen molar-refractivity contribution in [3.63, 3.8) is 0 Å². The standard InChI is InChI=1S/C9H11N3O3/c1-15-9-10-3-2-7(11-9)12-5-6(13)4-8(12)14/h2-3,6,13H,4-5H2,1H3. The first kappa shape index (κ1) is 9.85. The lowest BCUT2D eigenvalue weighted by Crippen LogP contribution is -2.26. The molecule has 0 radical (unpaired) electrons. The van der Waals surface area contributed by atoms with Crippen LogP contribution in [-0.2, 0) is 4.79 Å². The zero-order valence-corrected chi connectivity index (χ0v) is 8.25. The van der Waals surface area contributed by atoms with Gasteiger partial charge in [0.15, 0.2) is 0 Å². The summed E-state index contributed by atoms with van der Waals surface area (Å²) in [5, 5.41) is 9.32. The molecule has 1 aliphatic heterocycles. The molecule has 1 N–H and O–H groups in total. The second-order valence-corrected chi connectivity index (χ2v) is 3.26. The second kappa shape index (κ2) is 3.82. The Morgan fingerprint density at radius 3 is 3.07 bits per heavy atom. The van der Waals surface area contributed by atoms with E-state index in [4.69, 9.17) is 4.74 Å². The van der Waals surface area contributed by atoms with Crippen molar-refractivity contribution in [1.29, 1.82) is 0 Å². The zero-order valence-electron chi connectivity index (χ0n) is 8.25. The highest BCUT2D eigenvalue weighted by Crippen LogP contribution is 2.20. The highest BCUT2D eigenvalue weighted by Gasteiger charge is 2.30. The van der Waals surface area contributed by atoms with Gasteiger partial charge in [-0.15, -0.1) is 0 Å². The first-order valence-corrected chi connectivity index (χ1v) is 4.56. The van der Waals surface area contributed by atoms with Crippen molar-refractivity contribution in [2.24, 2.45) is 0 Å². The zero-order chi connectivity index (χ0) is 10.8. The Hall–Kier alpha value is -1.69. The third-order valence-electron chi connectivity index (χ3n) is 2.18. The van der Waals surface area contributed by atoms with Crippen LogP contribution in [0.25, 0.3) is 0 Å². The topological polar surface area (TPSA) is 75.6 Å². The fourth-order valence-electron chi connectivity index (χ4n) is 1.49. The van der Waals surface area contributed by atoms with E-state index in [1.807, 2.05) is 0 Å². The molecular weight excluding hydrogens is 198 g/mol. The number of methoxy groups -OCH3 is 1. The quantitative estimate of drug-likeness (QED) is 0.716. The third-order valence-corrected chi connectivity index (χ3v) is 2.18. The molecule has 6 nitrogen and oxygen atoms in total. The van der Waals surface area contributed by atoms with E-state index in [2.05, 4.69) is 9.97 Å². The molecule has 1 amide bonds. The van der Waals surface area contributed by atoms with Crippen LogP contribution in [0.15, 0.2) is 12.3 Å². The van der Waals surface area contributed by atoms with Gasteiger partial charge in [0, 0.05) is 6.20 Å². The number of hydrogen-bond acceptors (Lipinski definition) is 5. The van der Waals surface area contributed by atoms with E-state index in [-0.39, 0.29) is 24.9 Å². The predicted octanol–water partition coefficient (Wildman–Crippen LogP) is -0.417. The monoisotopic (exact) mass is 209 g/mol. The number of anilines is 1. The van der Waals surface area contributed by atoms with Crippen LogP contribution in [0.3, 0.4) is 0 Å². The molecule has 0 aliphatic carbocycles. The largest absolute Gasteiger partial charge is 0.467 e. The first-order valence-electron chi connectivity index (χ1n) is 4.56. The molecule has 15 heavy (non-hydrogen) atoms. The van der Waals surface area contributed by atoms with E-state index in [0.29, 0.717) is 5.82 Å². The molecule has 80 valence electrons. The van der Waals surface area contributed by atoms with Gasteiger partial charge in [-0.2, -0.15) is 4.98 Å². The van der Waals surface area contributed by atoms with E-state index in [1.54, 1.807) is 6.07 Å². The molecule has 0 spiro atoms. The maximum atomic E-state index is 11.4. The summed E-state index contributed by atoms with van der Waals surface area (Å²) in [6.07, 6.45) is 1.05. The van der Waals surface area contributed by atoms with Crippen LogP contribution in [0.5, 0.6) is 6.01 Å². The number of aliphatic hydroxyl groups excluding tert-OH is 1. The molecule has 1 saturated heterocycles. The molecule has 1 atom stereocenters. The summed E-state index contributed by atoms with van der Waals surface area (Å²) >= 11 is 0. The van der Waals surface area contributed by atoms with Crippen molar-refractivity contribution in [2.75, 3.05) is 18.6 Å². The number of ether oxygens (including phenoxy) is 1. The summed E-state index contributed by atoms with van der Waals surface area (Å²) in [7, 11) is 1.46. The van der Waals surface area contributed by atoms with Gasteiger partial charge in [-0.1, -0.05) is 0 Å². The van der Waals surface area contributed by atoms with Crippen molar-refractivity contribution in [3.8, 4) is 6.01 Å². The first-order chi connectivity index (χ1) is 7.20. The maximum Gasteiger partial charge on any atom is 0.318 e. The molecule has 2 heterocycles. The van der Waals surface area contributed by atoms with Crippen molar-refractivity contribution < 1.29 is 14.6 Å². The molecule has 1 fully saturated rings. The number of nitrogens with zero attached hydrogens (tertiary/aromatic N) is 3. The summed E-state index contributed by atoms with van der Waals surface area (Å²) in [6.45, 7) is 0.277. The van der Waals surface area contributed by atoms with Gasteiger partial charge in [0.2, 0.25) is 5.91 Å². The highest BCUT2D eigenvalue weighted by molar-refractivity contribution is 5.95. The molecule has 1 aromatic rings. The highest BCUT2D eigenvalue weighted by atomic mass is 16.5. The molecule has 0 bridgehead atoms. The Labute approximate surface area is 86.5 Å². The van der Waals surface area contributed by atoms with Crippen LogP contribution in [-0.4, -0.2) is 40.7 Å². The number of carbonyl (C=O) groups excluding carboxylic acids is 1. The summed E-state index contributed by atoms with van der Waals surface area (Å²) in [5.41, 5.74) is 0. The van der Waals surface area contributed by atoms with Crippen LogP contribution in [0.2, 0.25) is 0 Å². The minimum atomic E-state index is -0.613. The lowest BCUT2D eigenvalue weighted by molar-refractivity contribution is -0.117. The van der Waals surface area contributed by atoms with Gasteiger partial charge in [-0.05, 0) is 6.07 Å². The average molecular weight is 209 g/mol. The van der Waals surface area contributed by atoms with Crippen LogP contribution < -0.4 is 9.64 Å². The van der Waals surface area contributed by atoms with Crippen molar-refractivity contribution in [2.45, 2.75) is 12.5 Å². The Balaban J connectivity index is 2.25. The van der Waals surface area contributed by atoms with Crippen molar-refractivity contribution in [3.05, 3.63) is 12.3 Å². The van der Waals surface area contributed by atoms with Gasteiger partial charge in [0.25, 0.3) is 0 Å². The summed E-state index contributed by atoms with van der Waals surface area (Å²) in [4.78, 5) is 20.7. The second-order valence-electron chi connectivity index (χ2n) is 3.26. The number of rotatable bonds is 2. The number of carbonyl (C=O) groups is 1. The molecule has 0 saturated carbocycles. The average Bonchev–Trinajstić information content (AvgIpc) is 2.58. The van der Waals surface area contributed by atoms with Crippen LogP contribution in [0.4, 0.5) is 5.82 Å². The normalized spacial score (nSPS) is 20.8. The minimum absolute atomic E-state index is 0.136. The Kier molecular flexibility index (Phi) is 2.51. The fourth-order valence-corrected chi connectivity index (χ4v) is 1.49. The summed E-state index contributed by atoms with van der Waals surface area (Å²) in [5.74, 6) is 0.326. The SMILES string of the molecule is COc1nccc(N2CC(O)CC2=O)n1. The molecular formula is C9H11N3O3. The van der Waals surface area contributed by atoms with E-state index in [0.717, 1.165) is 0 Å². The molecule has 1 unspecified atom stereocenters. The molecule has 1 aliphatic rings. The Morgan fingerprint density at radius 1 is 1.67 bits per heavy atom. The Bertz CT molecular complexity index is 383. The smallest absolute Gasteiger partial charge is 0.318 e.